The highest BCUT2D eigenvalue weighted by molar-refractivity contribution is 7.92. The zero-order valence-electron chi connectivity index (χ0n) is 11.6. The van der Waals surface area contributed by atoms with E-state index in [0.29, 0.717) is 6.54 Å². The van der Waals surface area contributed by atoms with Crippen LogP contribution in [0.25, 0.3) is 0 Å². The summed E-state index contributed by atoms with van der Waals surface area (Å²) in [7, 11) is -5.38. The third-order valence-corrected chi connectivity index (χ3v) is 4.44. The summed E-state index contributed by atoms with van der Waals surface area (Å²) in [5, 5.41) is 6.75. The van der Waals surface area contributed by atoms with Gasteiger partial charge in [0.1, 0.15) is 0 Å². The highest BCUT2D eigenvalue weighted by atomic mass is 32.2. The molecule has 1 heterocycles. The first kappa shape index (κ1) is 16.3. The van der Waals surface area contributed by atoms with E-state index in [1.54, 1.807) is 17.1 Å². The lowest BCUT2D eigenvalue weighted by Crippen LogP contribution is -2.24. The molecule has 0 bridgehead atoms. The third kappa shape index (κ3) is 3.41. The molecule has 120 valence electrons. The Morgan fingerprint density at radius 3 is 2.55 bits per heavy atom. The third-order valence-electron chi connectivity index (χ3n) is 2.90. The molecule has 5 nitrogen and oxygen atoms in total. The Kier molecular flexibility index (Phi) is 4.45. The maximum atomic E-state index is 12.7. The van der Waals surface area contributed by atoms with Crippen LogP contribution in [0.5, 0.6) is 0 Å². The number of aromatic nitrogens is 2. The summed E-state index contributed by atoms with van der Waals surface area (Å²) in [5.41, 5.74) is -4.45. The van der Waals surface area contributed by atoms with Crippen LogP contribution >= 0.6 is 0 Å². The van der Waals surface area contributed by atoms with Crippen molar-refractivity contribution in [2.45, 2.75) is 23.9 Å². The number of aryl methyl sites for hydroxylation is 1. The van der Waals surface area contributed by atoms with E-state index in [1.807, 2.05) is 6.92 Å². The first-order valence-electron chi connectivity index (χ1n) is 6.35. The van der Waals surface area contributed by atoms with E-state index < -0.39 is 20.2 Å². The fourth-order valence-corrected chi connectivity index (χ4v) is 2.80. The van der Waals surface area contributed by atoms with Crippen molar-refractivity contribution in [3.05, 3.63) is 42.2 Å². The summed E-state index contributed by atoms with van der Waals surface area (Å²) in [6.07, 6.45) is 3.43. The fourth-order valence-electron chi connectivity index (χ4n) is 1.87. The Hall–Kier alpha value is -2.03. The average molecular weight is 333 g/mol. The lowest BCUT2D eigenvalue weighted by Gasteiger charge is -2.14. The summed E-state index contributed by atoms with van der Waals surface area (Å²) in [5.74, 6) is 0. The minimum Gasteiger partial charge on any atom is -0.382 e. The van der Waals surface area contributed by atoms with Crippen LogP contribution in [0.1, 0.15) is 5.56 Å². The maximum absolute atomic E-state index is 12.7. The molecule has 0 aliphatic heterocycles. The first-order chi connectivity index (χ1) is 10.2. The summed E-state index contributed by atoms with van der Waals surface area (Å²) in [6.45, 7) is 2.50. The Labute approximate surface area is 125 Å². The van der Waals surface area contributed by atoms with Crippen LogP contribution in [0.4, 0.5) is 18.9 Å². The molecular weight excluding hydrogens is 319 g/mol. The molecule has 2 rings (SSSR count). The summed E-state index contributed by atoms with van der Waals surface area (Å²) in [6, 6.07) is 4.95. The molecule has 1 N–H and O–H groups in total. The zero-order chi connectivity index (χ0) is 16.4. The predicted octanol–water partition coefficient (Wildman–Crippen LogP) is 2.60. The van der Waals surface area contributed by atoms with Crippen molar-refractivity contribution in [2.24, 2.45) is 0 Å². The number of anilines is 1. The highest BCUT2D eigenvalue weighted by Crippen LogP contribution is 2.34. The second-order valence-electron chi connectivity index (χ2n) is 4.65. The standard InChI is InChI=1S/C13H14F3N3O2S/c1-10-8-18-19(9-10)7-6-17-11-4-2-3-5-12(11)22(20,21)13(14,15)16/h2-5,8-9,17H,6-7H2,1H3. The summed E-state index contributed by atoms with van der Waals surface area (Å²) < 4.78 is 62.6. The summed E-state index contributed by atoms with van der Waals surface area (Å²) >= 11 is 0. The quantitative estimate of drug-likeness (QED) is 0.913. The van der Waals surface area contributed by atoms with Gasteiger partial charge in [0.25, 0.3) is 9.84 Å². The Bertz CT molecular complexity index is 754. The molecule has 0 saturated heterocycles. The molecule has 0 aliphatic rings. The van der Waals surface area contributed by atoms with Gasteiger partial charge < -0.3 is 5.32 Å². The minimum atomic E-state index is -5.38. The van der Waals surface area contributed by atoms with Crippen LogP contribution in [0, 0.1) is 6.92 Å². The molecule has 0 aliphatic carbocycles. The van der Waals surface area contributed by atoms with Crippen molar-refractivity contribution in [2.75, 3.05) is 11.9 Å². The van der Waals surface area contributed by atoms with Crippen LogP contribution in [-0.2, 0) is 16.4 Å². The molecule has 0 amide bonds. The Morgan fingerprint density at radius 2 is 1.95 bits per heavy atom. The number of halogens is 3. The molecule has 0 fully saturated rings. The molecule has 0 radical (unpaired) electrons. The molecule has 0 atom stereocenters. The molecule has 22 heavy (non-hydrogen) atoms. The van der Waals surface area contributed by atoms with Crippen molar-refractivity contribution in [1.82, 2.24) is 9.78 Å². The SMILES string of the molecule is Cc1cnn(CCNc2ccccc2S(=O)(=O)C(F)(F)F)c1. The zero-order valence-corrected chi connectivity index (χ0v) is 12.4. The molecule has 0 unspecified atom stereocenters. The Balaban J connectivity index is 2.15. The molecule has 0 spiro atoms. The van der Waals surface area contributed by atoms with Gasteiger partial charge in [-0.25, -0.2) is 8.42 Å². The van der Waals surface area contributed by atoms with E-state index in [2.05, 4.69) is 10.4 Å². The molecule has 1 aromatic heterocycles. The van der Waals surface area contributed by atoms with Gasteiger partial charge in [-0.2, -0.15) is 18.3 Å². The Morgan fingerprint density at radius 1 is 1.27 bits per heavy atom. The minimum absolute atomic E-state index is 0.0799. The smallest absolute Gasteiger partial charge is 0.382 e. The predicted molar refractivity (Wildman–Crippen MR) is 75.1 cm³/mol. The van der Waals surface area contributed by atoms with E-state index in [0.717, 1.165) is 11.6 Å². The van der Waals surface area contributed by atoms with Crippen molar-refractivity contribution in [1.29, 1.82) is 0 Å². The van der Waals surface area contributed by atoms with Gasteiger partial charge in [0, 0.05) is 12.7 Å². The molecular formula is C13H14F3N3O2S. The van der Waals surface area contributed by atoms with Crippen LogP contribution < -0.4 is 5.32 Å². The highest BCUT2D eigenvalue weighted by Gasteiger charge is 2.47. The number of para-hydroxylation sites is 1. The number of rotatable bonds is 5. The first-order valence-corrected chi connectivity index (χ1v) is 7.83. The number of benzene rings is 1. The lowest BCUT2D eigenvalue weighted by atomic mass is 10.3. The fraction of sp³-hybridized carbons (Fsp3) is 0.308. The molecule has 1 aromatic carbocycles. The maximum Gasteiger partial charge on any atom is 0.501 e. The summed E-state index contributed by atoms with van der Waals surface area (Å²) in [4.78, 5) is -0.779. The largest absolute Gasteiger partial charge is 0.501 e. The van der Waals surface area contributed by atoms with Crippen LogP contribution in [0.15, 0.2) is 41.6 Å². The second kappa shape index (κ2) is 5.99. The lowest BCUT2D eigenvalue weighted by molar-refractivity contribution is -0.0435. The number of hydrogen-bond acceptors (Lipinski definition) is 4. The van der Waals surface area contributed by atoms with Gasteiger partial charge >= 0.3 is 5.51 Å². The monoisotopic (exact) mass is 333 g/mol. The van der Waals surface area contributed by atoms with E-state index in [9.17, 15) is 21.6 Å². The normalized spacial score (nSPS) is 12.4. The van der Waals surface area contributed by atoms with Gasteiger partial charge in [-0.05, 0) is 24.6 Å². The molecule has 2 aromatic rings. The molecule has 0 saturated carbocycles. The van der Waals surface area contributed by atoms with Crippen molar-refractivity contribution in [3.63, 3.8) is 0 Å². The number of sulfone groups is 1. The van der Waals surface area contributed by atoms with Gasteiger partial charge in [-0.1, -0.05) is 12.1 Å². The van der Waals surface area contributed by atoms with E-state index in [-0.39, 0.29) is 12.2 Å². The van der Waals surface area contributed by atoms with E-state index >= 15 is 0 Å². The van der Waals surface area contributed by atoms with Gasteiger partial charge in [-0.3, -0.25) is 4.68 Å². The van der Waals surface area contributed by atoms with Crippen LogP contribution in [0.2, 0.25) is 0 Å². The van der Waals surface area contributed by atoms with Crippen LogP contribution in [0.3, 0.4) is 0 Å². The van der Waals surface area contributed by atoms with Gasteiger partial charge in [0.15, 0.2) is 0 Å². The van der Waals surface area contributed by atoms with Crippen molar-refractivity contribution < 1.29 is 21.6 Å². The van der Waals surface area contributed by atoms with Gasteiger partial charge in [0.2, 0.25) is 0 Å². The number of nitrogens with one attached hydrogen (secondary N) is 1. The second-order valence-corrected chi connectivity index (χ2v) is 6.56. The number of nitrogens with zero attached hydrogens (tertiary/aromatic N) is 2. The van der Waals surface area contributed by atoms with Crippen LogP contribution in [-0.4, -0.2) is 30.3 Å². The van der Waals surface area contributed by atoms with Gasteiger partial charge in [0.05, 0.1) is 23.3 Å². The van der Waals surface area contributed by atoms with E-state index in [4.69, 9.17) is 0 Å². The molecule has 9 heteroatoms. The average Bonchev–Trinajstić information content (AvgIpc) is 2.83. The van der Waals surface area contributed by atoms with Crippen molar-refractivity contribution >= 4 is 15.5 Å². The number of hydrogen-bond donors (Lipinski definition) is 1. The van der Waals surface area contributed by atoms with Crippen molar-refractivity contribution in [3.8, 4) is 0 Å². The number of alkyl halides is 3. The van der Waals surface area contributed by atoms with Gasteiger partial charge in [-0.15, -0.1) is 0 Å². The van der Waals surface area contributed by atoms with E-state index in [1.165, 1.54) is 18.2 Å². The topological polar surface area (TPSA) is 64.0 Å².